The molecule has 0 radical (unpaired) electrons. The van der Waals surface area contributed by atoms with E-state index >= 15 is 0 Å². The molecule has 1 unspecified atom stereocenters. The Morgan fingerprint density at radius 2 is 1.83 bits per heavy atom. The molecular formula is C17H17N3O3. The second-order valence-corrected chi connectivity index (χ2v) is 5.65. The molecular weight excluding hydrogens is 294 g/mol. The number of amides is 2. The van der Waals surface area contributed by atoms with E-state index < -0.39 is 4.92 Å². The molecule has 1 atom stereocenters. The Labute approximate surface area is 133 Å². The third-order valence-electron chi connectivity index (χ3n) is 4.05. The van der Waals surface area contributed by atoms with E-state index in [1.807, 2.05) is 31.2 Å². The highest BCUT2D eigenvalue weighted by molar-refractivity contribution is 5.75. The second-order valence-electron chi connectivity index (χ2n) is 5.65. The molecule has 2 aromatic carbocycles. The van der Waals surface area contributed by atoms with Crippen LogP contribution in [0.5, 0.6) is 0 Å². The van der Waals surface area contributed by atoms with Crippen molar-refractivity contribution in [3.05, 3.63) is 75.3 Å². The number of nitro benzene ring substituents is 1. The number of fused-ring (bicyclic) bond motifs is 1. The van der Waals surface area contributed by atoms with Gasteiger partial charge in [0.15, 0.2) is 0 Å². The maximum atomic E-state index is 12.4. The molecule has 1 aliphatic heterocycles. The van der Waals surface area contributed by atoms with Crippen molar-refractivity contribution >= 4 is 11.7 Å². The zero-order chi connectivity index (χ0) is 16.4. The number of nitro groups is 1. The lowest BCUT2D eigenvalue weighted by Crippen LogP contribution is -2.37. The summed E-state index contributed by atoms with van der Waals surface area (Å²) in [6, 6.07) is 13.8. The van der Waals surface area contributed by atoms with Crippen LogP contribution in [0.2, 0.25) is 0 Å². The Morgan fingerprint density at radius 3 is 2.43 bits per heavy atom. The molecule has 0 saturated heterocycles. The molecule has 0 aliphatic carbocycles. The van der Waals surface area contributed by atoms with Crippen LogP contribution in [-0.4, -0.2) is 15.9 Å². The summed E-state index contributed by atoms with van der Waals surface area (Å²) in [4.78, 5) is 24.5. The Hall–Kier alpha value is -2.89. The second kappa shape index (κ2) is 6.08. The number of nitrogens with zero attached hydrogens (tertiary/aromatic N) is 2. The van der Waals surface area contributed by atoms with Crippen LogP contribution >= 0.6 is 0 Å². The lowest BCUT2D eigenvalue weighted by Gasteiger charge is -2.20. The smallest absolute Gasteiger partial charge is 0.318 e. The van der Waals surface area contributed by atoms with Crippen molar-refractivity contribution in [2.75, 3.05) is 0 Å². The summed E-state index contributed by atoms with van der Waals surface area (Å²) < 4.78 is 0. The van der Waals surface area contributed by atoms with Gasteiger partial charge in [0.2, 0.25) is 0 Å². The fourth-order valence-corrected chi connectivity index (χ4v) is 2.74. The molecule has 0 saturated carbocycles. The predicted molar refractivity (Wildman–Crippen MR) is 85.7 cm³/mol. The van der Waals surface area contributed by atoms with Crippen molar-refractivity contribution in [3.8, 4) is 0 Å². The van der Waals surface area contributed by atoms with Gasteiger partial charge in [0.25, 0.3) is 5.69 Å². The molecule has 1 aliphatic rings. The SMILES string of the molecule is CC(NC(=O)N1Cc2ccccc2C1)c1cccc([N+](=O)[O-])c1. The third-order valence-corrected chi connectivity index (χ3v) is 4.05. The van der Waals surface area contributed by atoms with Crippen molar-refractivity contribution in [1.82, 2.24) is 10.2 Å². The summed E-state index contributed by atoms with van der Waals surface area (Å²) in [6.07, 6.45) is 0. The fraction of sp³-hybridized carbons (Fsp3) is 0.235. The van der Waals surface area contributed by atoms with Gasteiger partial charge in [-0.3, -0.25) is 10.1 Å². The van der Waals surface area contributed by atoms with Gasteiger partial charge in [-0.1, -0.05) is 36.4 Å². The van der Waals surface area contributed by atoms with Crippen LogP contribution in [0.25, 0.3) is 0 Å². The largest absolute Gasteiger partial charge is 0.331 e. The topological polar surface area (TPSA) is 75.5 Å². The molecule has 2 aromatic rings. The van der Waals surface area contributed by atoms with Gasteiger partial charge in [-0.15, -0.1) is 0 Å². The standard InChI is InChI=1S/C17H17N3O3/c1-12(13-7-4-8-16(9-13)20(22)23)18-17(21)19-10-14-5-2-3-6-15(14)11-19/h2-9,12H,10-11H2,1H3,(H,18,21). The van der Waals surface area contributed by atoms with E-state index in [-0.39, 0.29) is 17.8 Å². The minimum atomic E-state index is -0.435. The minimum Gasteiger partial charge on any atom is -0.331 e. The number of carbonyl (C=O) groups excluding carboxylic acids is 1. The van der Waals surface area contributed by atoms with Gasteiger partial charge in [-0.2, -0.15) is 0 Å². The van der Waals surface area contributed by atoms with E-state index in [4.69, 9.17) is 0 Å². The molecule has 0 aromatic heterocycles. The number of non-ortho nitro benzene ring substituents is 1. The van der Waals surface area contributed by atoms with Gasteiger partial charge in [0, 0.05) is 25.2 Å². The molecule has 0 bridgehead atoms. The summed E-state index contributed by atoms with van der Waals surface area (Å²) >= 11 is 0. The van der Waals surface area contributed by atoms with Crippen molar-refractivity contribution in [2.45, 2.75) is 26.1 Å². The lowest BCUT2D eigenvalue weighted by molar-refractivity contribution is -0.384. The normalized spacial score (nSPS) is 14.2. The summed E-state index contributed by atoms with van der Waals surface area (Å²) in [5.74, 6) is 0. The molecule has 6 nitrogen and oxygen atoms in total. The highest BCUT2D eigenvalue weighted by atomic mass is 16.6. The van der Waals surface area contributed by atoms with E-state index in [2.05, 4.69) is 5.32 Å². The van der Waals surface area contributed by atoms with Gasteiger partial charge < -0.3 is 10.2 Å². The first-order valence-electron chi connectivity index (χ1n) is 7.41. The van der Waals surface area contributed by atoms with Gasteiger partial charge >= 0.3 is 6.03 Å². The van der Waals surface area contributed by atoms with E-state index in [9.17, 15) is 14.9 Å². The predicted octanol–water partition coefficient (Wildman–Crippen LogP) is 3.38. The molecule has 2 amide bonds. The first kappa shape index (κ1) is 15.0. The van der Waals surface area contributed by atoms with Crippen LogP contribution in [0.15, 0.2) is 48.5 Å². The number of carbonyl (C=O) groups is 1. The lowest BCUT2D eigenvalue weighted by atomic mass is 10.1. The number of hydrogen-bond acceptors (Lipinski definition) is 3. The van der Waals surface area contributed by atoms with E-state index in [1.54, 1.807) is 17.0 Å². The number of benzene rings is 2. The quantitative estimate of drug-likeness (QED) is 0.697. The van der Waals surface area contributed by atoms with Crippen LogP contribution in [0.1, 0.15) is 29.7 Å². The van der Waals surface area contributed by atoms with Crippen molar-refractivity contribution in [2.24, 2.45) is 0 Å². The average Bonchev–Trinajstić information content (AvgIpc) is 2.99. The van der Waals surface area contributed by atoms with Gasteiger partial charge in [0.1, 0.15) is 0 Å². The van der Waals surface area contributed by atoms with Gasteiger partial charge in [-0.05, 0) is 23.6 Å². The summed E-state index contributed by atoms with van der Waals surface area (Å²) in [7, 11) is 0. The van der Waals surface area contributed by atoms with E-state index in [1.165, 1.54) is 12.1 Å². The molecule has 3 rings (SSSR count). The average molecular weight is 311 g/mol. The maximum absolute atomic E-state index is 12.4. The van der Waals surface area contributed by atoms with Crippen LogP contribution < -0.4 is 5.32 Å². The van der Waals surface area contributed by atoms with Crippen LogP contribution in [0.3, 0.4) is 0 Å². The Balaban J connectivity index is 1.67. The van der Waals surface area contributed by atoms with Crippen molar-refractivity contribution < 1.29 is 9.72 Å². The van der Waals surface area contributed by atoms with Gasteiger partial charge in [0.05, 0.1) is 11.0 Å². The number of rotatable bonds is 3. The summed E-state index contributed by atoms with van der Waals surface area (Å²) in [6.45, 7) is 2.99. The third kappa shape index (κ3) is 3.15. The zero-order valence-corrected chi connectivity index (χ0v) is 12.7. The highest BCUT2D eigenvalue weighted by Crippen LogP contribution is 2.23. The Kier molecular flexibility index (Phi) is 3.97. The molecule has 0 spiro atoms. The van der Waals surface area contributed by atoms with Crippen LogP contribution in [0, 0.1) is 10.1 Å². The molecule has 0 fully saturated rings. The molecule has 118 valence electrons. The minimum absolute atomic E-state index is 0.0252. The van der Waals surface area contributed by atoms with Crippen LogP contribution in [-0.2, 0) is 13.1 Å². The number of urea groups is 1. The number of nitrogens with one attached hydrogen (secondary N) is 1. The van der Waals surface area contributed by atoms with Crippen LogP contribution in [0.4, 0.5) is 10.5 Å². The molecule has 23 heavy (non-hydrogen) atoms. The van der Waals surface area contributed by atoms with Crippen molar-refractivity contribution in [3.63, 3.8) is 0 Å². The van der Waals surface area contributed by atoms with E-state index in [0.717, 1.165) is 11.1 Å². The first-order valence-corrected chi connectivity index (χ1v) is 7.41. The monoisotopic (exact) mass is 311 g/mol. The highest BCUT2D eigenvalue weighted by Gasteiger charge is 2.24. The first-order chi connectivity index (χ1) is 11.0. The Morgan fingerprint density at radius 1 is 1.17 bits per heavy atom. The fourth-order valence-electron chi connectivity index (χ4n) is 2.74. The maximum Gasteiger partial charge on any atom is 0.318 e. The van der Waals surface area contributed by atoms with Gasteiger partial charge in [-0.25, -0.2) is 4.79 Å². The molecule has 1 heterocycles. The van der Waals surface area contributed by atoms with Crippen molar-refractivity contribution in [1.29, 1.82) is 0 Å². The molecule has 6 heteroatoms. The summed E-state index contributed by atoms with van der Waals surface area (Å²) in [5, 5.41) is 13.7. The van der Waals surface area contributed by atoms with E-state index in [0.29, 0.717) is 18.7 Å². The summed E-state index contributed by atoms with van der Waals surface area (Å²) in [5.41, 5.74) is 3.05. The number of hydrogen-bond donors (Lipinski definition) is 1. The molecule has 1 N–H and O–H groups in total. The Bertz CT molecular complexity index is 735. The zero-order valence-electron chi connectivity index (χ0n) is 12.7.